The van der Waals surface area contributed by atoms with Crippen LogP contribution in [0.15, 0.2) is 29.2 Å². The summed E-state index contributed by atoms with van der Waals surface area (Å²) in [6.07, 6.45) is 0.977. The van der Waals surface area contributed by atoms with Gasteiger partial charge in [-0.1, -0.05) is 27.7 Å². The van der Waals surface area contributed by atoms with Gasteiger partial charge in [0.15, 0.2) is 9.84 Å². The molecule has 0 aliphatic rings. The van der Waals surface area contributed by atoms with Crippen LogP contribution in [0.5, 0.6) is 0 Å². The number of nitrogens with one attached hydrogen (secondary N) is 1. The summed E-state index contributed by atoms with van der Waals surface area (Å²) >= 11 is 0. The molecule has 0 radical (unpaired) electrons. The molecule has 1 rings (SSSR count). The molecular weight excluding hydrogens is 330 g/mol. The molecule has 134 valence electrons. The van der Waals surface area contributed by atoms with Crippen LogP contribution in [0.2, 0.25) is 0 Å². The molecule has 1 aromatic carbocycles. The lowest BCUT2D eigenvalue weighted by molar-refractivity contribution is -0.139. The van der Waals surface area contributed by atoms with Crippen molar-refractivity contribution in [2.45, 2.75) is 51.5 Å². The summed E-state index contributed by atoms with van der Waals surface area (Å²) < 4.78 is 23.5. The van der Waals surface area contributed by atoms with E-state index in [1.807, 2.05) is 20.8 Å². The first kappa shape index (κ1) is 20.2. The minimum absolute atomic E-state index is 0.0214. The highest BCUT2D eigenvalue weighted by molar-refractivity contribution is 7.91. The van der Waals surface area contributed by atoms with Crippen LogP contribution in [0.1, 0.15) is 50.9 Å². The number of carboxylic acid groups (broad SMARTS) is 1. The third-order valence-electron chi connectivity index (χ3n) is 3.64. The number of amides is 1. The maximum Gasteiger partial charge on any atom is 0.326 e. The predicted octanol–water partition coefficient (Wildman–Crippen LogP) is 2.49. The van der Waals surface area contributed by atoms with Gasteiger partial charge in [0.2, 0.25) is 0 Å². The molecule has 0 aliphatic heterocycles. The van der Waals surface area contributed by atoms with E-state index >= 15 is 0 Å². The largest absolute Gasteiger partial charge is 0.480 e. The highest BCUT2D eigenvalue weighted by Crippen LogP contribution is 2.22. The van der Waals surface area contributed by atoms with E-state index in [2.05, 4.69) is 5.32 Å². The summed E-state index contributed by atoms with van der Waals surface area (Å²) in [4.78, 5) is 23.6. The topological polar surface area (TPSA) is 101 Å². The highest BCUT2D eigenvalue weighted by atomic mass is 32.2. The average Bonchev–Trinajstić information content (AvgIpc) is 2.50. The van der Waals surface area contributed by atoms with Crippen molar-refractivity contribution in [2.24, 2.45) is 5.41 Å². The first-order chi connectivity index (χ1) is 11.0. The Kier molecular flexibility index (Phi) is 6.54. The Hall–Kier alpha value is -1.89. The van der Waals surface area contributed by atoms with E-state index in [4.69, 9.17) is 0 Å². The second-order valence-corrected chi connectivity index (χ2v) is 9.17. The summed E-state index contributed by atoms with van der Waals surface area (Å²) in [5.41, 5.74) is 0.196. The number of hydrogen-bond acceptors (Lipinski definition) is 4. The molecule has 1 unspecified atom stereocenters. The van der Waals surface area contributed by atoms with Crippen LogP contribution in [-0.4, -0.2) is 37.2 Å². The molecule has 0 heterocycles. The van der Waals surface area contributed by atoms with Crippen molar-refractivity contribution >= 4 is 21.7 Å². The van der Waals surface area contributed by atoms with Crippen LogP contribution in [0.4, 0.5) is 0 Å². The quantitative estimate of drug-likeness (QED) is 0.782. The summed E-state index contributed by atoms with van der Waals surface area (Å²) in [6.45, 7) is 7.55. The number of hydrogen-bond donors (Lipinski definition) is 2. The Morgan fingerprint density at radius 3 is 2.12 bits per heavy atom. The number of carboxylic acids is 1. The van der Waals surface area contributed by atoms with E-state index in [1.165, 1.54) is 24.3 Å². The zero-order valence-electron chi connectivity index (χ0n) is 14.5. The lowest BCUT2D eigenvalue weighted by atomic mass is 9.88. The minimum Gasteiger partial charge on any atom is -0.480 e. The van der Waals surface area contributed by atoms with Crippen LogP contribution < -0.4 is 5.32 Å². The molecule has 0 aromatic heterocycles. The fourth-order valence-corrected chi connectivity index (χ4v) is 2.94. The fourth-order valence-electron chi connectivity index (χ4n) is 2.06. The number of sulfone groups is 1. The zero-order valence-corrected chi connectivity index (χ0v) is 15.3. The van der Waals surface area contributed by atoms with Crippen molar-refractivity contribution in [1.82, 2.24) is 5.32 Å². The molecule has 0 aliphatic carbocycles. The Balaban J connectivity index is 2.83. The molecule has 1 aromatic rings. The van der Waals surface area contributed by atoms with Crippen LogP contribution in [0.3, 0.4) is 0 Å². The summed E-state index contributed by atoms with van der Waals surface area (Å²) in [7, 11) is -3.33. The van der Waals surface area contributed by atoms with Crippen molar-refractivity contribution in [2.75, 3.05) is 5.75 Å². The second kappa shape index (κ2) is 7.79. The van der Waals surface area contributed by atoms with E-state index in [0.29, 0.717) is 12.8 Å². The predicted molar refractivity (Wildman–Crippen MR) is 91.7 cm³/mol. The molecule has 2 N–H and O–H groups in total. The maximum absolute atomic E-state index is 12.2. The number of benzene rings is 1. The van der Waals surface area contributed by atoms with Gasteiger partial charge in [-0.05, 0) is 42.5 Å². The molecule has 6 nitrogen and oxygen atoms in total. The standard InChI is InChI=1S/C17H25NO5S/c1-5-24(22,23)13-8-6-12(7-9-13)15(19)18-14(16(20)21)10-11-17(2,3)4/h6-9,14H,5,10-11H2,1-4H3,(H,18,19)(H,20,21). The molecular formula is C17H25NO5S. The lowest BCUT2D eigenvalue weighted by Gasteiger charge is -2.21. The van der Waals surface area contributed by atoms with E-state index in [0.717, 1.165) is 0 Å². The molecule has 1 amide bonds. The normalized spacial score (nSPS) is 13.3. The molecule has 0 bridgehead atoms. The Bertz CT molecular complexity index is 687. The van der Waals surface area contributed by atoms with Gasteiger partial charge in [-0.15, -0.1) is 0 Å². The van der Waals surface area contributed by atoms with Gasteiger partial charge in [0.1, 0.15) is 6.04 Å². The molecule has 24 heavy (non-hydrogen) atoms. The van der Waals surface area contributed by atoms with E-state index in [1.54, 1.807) is 6.92 Å². The third kappa shape index (κ3) is 5.96. The van der Waals surface area contributed by atoms with Crippen molar-refractivity contribution in [1.29, 1.82) is 0 Å². The van der Waals surface area contributed by atoms with Crippen LogP contribution in [0, 0.1) is 5.41 Å². The van der Waals surface area contributed by atoms with Gasteiger partial charge >= 0.3 is 5.97 Å². The Labute approximate surface area is 143 Å². The van der Waals surface area contributed by atoms with Gasteiger partial charge in [-0.25, -0.2) is 13.2 Å². The van der Waals surface area contributed by atoms with Gasteiger partial charge in [0.05, 0.1) is 10.6 Å². The van der Waals surface area contributed by atoms with Gasteiger partial charge in [-0.2, -0.15) is 0 Å². The zero-order chi connectivity index (χ0) is 18.5. The lowest BCUT2D eigenvalue weighted by Crippen LogP contribution is -2.41. The highest BCUT2D eigenvalue weighted by Gasteiger charge is 2.23. The van der Waals surface area contributed by atoms with Gasteiger partial charge in [0.25, 0.3) is 5.91 Å². The number of carbonyl (C=O) groups excluding carboxylic acids is 1. The van der Waals surface area contributed by atoms with Crippen LogP contribution >= 0.6 is 0 Å². The fraction of sp³-hybridized carbons (Fsp3) is 0.529. The van der Waals surface area contributed by atoms with Crippen molar-refractivity contribution in [3.05, 3.63) is 29.8 Å². The number of carbonyl (C=O) groups is 2. The summed E-state index contributed by atoms with van der Waals surface area (Å²) in [5, 5.41) is 11.7. The minimum atomic E-state index is -3.33. The van der Waals surface area contributed by atoms with Crippen molar-refractivity contribution < 1.29 is 23.1 Å². The van der Waals surface area contributed by atoms with Gasteiger partial charge < -0.3 is 10.4 Å². The smallest absolute Gasteiger partial charge is 0.326 e. The molecule has 0 spiro atoms. The van der Waals surface area contributed by atoms with Crippen LogP contribution in [-0.2, 0) is 14.6 Å². The van der Waals surface area contributed by atoms with Crippen LogP contribution in [0.25, 0.3) is 0 Å². The van der Waals surface area contributed by atoms with Crippen molar-refractivity contribution in [3.63, 3.8) is 0 Å². The van der Waals surface area contributed by atoms with E-state index in [9.17, 15) is 23.1 Å². The molecule has 0 saturated heterocycles. The summed E-state index contributed by atoms with van der Waals surface area (Å²) in [6, 6.07) is 4.52. The first-order valence-electron chi connectivity index (χ1n) is 7.83. The van der Waals surface area contributed by atoms with Crippen molar-refractivity contribution in [3.8, 4) is 0 Å². The average molecular weight is 355 g/mol. The molecule has 1 atom stereocenters. The van der Waals surface area contributed by atoms with E-state index < -0.39 is 27.8 Å². The Morgan fingerprint density at radius 2 is 1.71 bits per heavy atom. The molecule has 7 heteroatoms. The van der Waals surface area contributed by atoms with E-state index in [-0.39, 0.29) is 21.6 Å². The molecule has 0 fully saturated rings. The van der Waals surface area contributed by atoms with Gasteiger partial charge in [0, 0.05) is 5.56 Å². The number of aliphatic carboxylic acids is 1. The molecule has 0 saturated carbocycles. The SMILES string of the molecule is CCS(=O)(=O)c1ccc(C(=O)NC(CCC(C)(C)C)C(=O)O)cc1. The second-order valence-electron chi connectivity index (χ2n) is 6.89. The Morgan fingerprint density at radius 1 is 1.17 bits per heavy atom. The monoisotopic (exact) mass is 355 g/mol. The maximum atomic E-state index is 12.2. The third-order valence-corrected chi connectivity index (χ3v) is 5.39. The first-order valence-corrected chi connectivity index (χ1v) is 9.48. The summed E-state index contributed by atoms with van der Waals surface area (Å²) in [5.74, 6) is -1.64. The number of rotatable bonds is 7. The van der Waals surface area contributed by atoms with Gasteiger partial charge in [-0.3, -0.25) is 4.79 Å².